The largest absolute Gasteiger partial charge is 0.289 e. The standard InChI is InChI=1S/C14H8O2.C13H8O3S.2C6H6.4C2H6/c15-13-9-5-1-2-6-10(9)14(16)12-8-4-3-7-11(12)13;14-13-9-5-1-3-7-11(9)17(15,16)12-8-4-2-6-10(12)13;2*1-2-4-6-5-3-1;4*1-2/h1-8H;1-8H;2*1-6H;4*1-2H3. The molecule has 2 aliphatic rings. The molecular formula is C47H52O5S. The van der Waals surface area contributed by atoms with Crippen LogP contribution in [0.1, 0.15) is 103 Å². The zero-order valence-corrected chi connectivity index (χ0v) is 32.9. The lowest BCUT2D eigenvalue weighted by atomic mass is 9.84. The maximum atomic E-state index is 12.3. The number of carbonyl (C=O) groups is 3. The van der Waals surface area contributed by atoms with Crippen molar-refractivity contribution in [1.29, 1.82) is 0 Å². The number of fused-ring (bicyclic) bond motifs is 4. The van der Waals surface area contributed by atoms with Gasteiger partial charge in [0.15, 0.2) is 17.3 Å². The predicted molar refractivity (Wildman–Crippen MR) is 220 cm³/mol. The van der Waals surface area contributed by atoms with Crippen molar-refractivity contribution in [2.24, 2.45) is 0 Å². The van der Waals surface area contributed by atoms with E-state index in [4.69, 9.17) is 0 Å². The van der Waals surface area contributed by atoms with Gasteiger partial charge >= 0.3 is 0 Å². The molecule has 5 nitrogen and oxygen atoms in total. The van der Waals surface area contributed by atoms with Crippen LogP contribution < -0.4 is 0 Å². The van der Waals surface area contributed by atoms with E-state index in [0.717, 1.165) is 0 Å². The molecule has 1 heterocycles. The van der Waals surface area contributed by atoms with E-state index >= 15 is 0 Å². The SMILES string of the molecule is CC.CC.CC.CC.O=C1c2ccccc2C(=O)c2ccccc21.O=C1c2ccccc2S(=O)(=O)c2ccccc21.c1ccccc1.c1ccccc1. The van der Waals surface area contributed by atoms with Crippen molar-refractivity contribution in [3.8, 4) is 0 Å². The molecule has 1 aliphatic carbocycles. The lowest BCUT2D eigenvalue weighted by Gasteiger charge is -2.17. The summed E-state index contributed by atoms with van der Waals surface area (Å²) in [6.07, 6.45) is 0. The van der Waals surface area contributed by atoms with Crippen molar-refractivity contribution >= 4 is 27.2 Å². The van der Waals surface area contributed by atoms with Crippen molar-refractivity contribution < 1.29 is 22.8 Å². The average Bonchev–Trinajstić information content (AvgIpc) is 3.27. The molecule has 6 heteroatoms. The molecule has 0 aromatic heterocycles. The Morgan fingerprint density at radius 2 is 0.434 bits per heavy atom. The molecule has 0 radical (unpaired) electrons. The molecule has 6 aromatic rings. The van der Waals surface area contributed by atoms with Gasteiger partial charge in [-0.15, -0.1) is 0 Å². The molecule has 6 aromatic carbocycles. The molecule has 0 bridgehead atoms. The fraction of sp³-hybridized carbons (Fsp3) is 0.170. The van der Waals surface area contributed by atoms with Gasteiger partial charge in [-0.3, -0.25) is 14.4 Å². The molecule has 0 spiro atoms. The van der Waals surface area contributed by atoms with Crippen molar-refractivity contribution in [2.45, 2.75) is 65.2 Å². The molecule has 0 unspecified atom stereocenters. The Bertz CT molecular complexity index is 1820. The summed E-state index contributed by atoms with van der Waals surface area (Å²) in [5, 5.41) is 0. The fourth-order valence-electron chi connectivity index (χ4n) is 4.86. The Kier molecular flexibility index (Phi) is 21.6. The van der Waals surface area contributed by atoms with Gasteiger partial charge in [0.05, 0.1) is 9.79 Å². The van der Waals surface area contributed by atoms with E-state index in [-0.39, 0.29) is 38.3 Å². The third-order valence-electron chi connectivity index (χ3n) is 7.01. The smallest absolute Gasteiger partial charge is 0.208 e. The molecule has 0 saturated heterocycles. The summed E-state index contributed by atoms with van der Waals surface area (Å²) in [6, 6.07) is 50.5. The number of carbonyl (C=O) groups excluding carboxylic acids is 3. The molecule has 8 rings (SSSR count). The summed E-state index contributed by atoms with van der Waals surface area (Å²) < 4.78 is 24.6. The van der Waals surface area contributed by atoms with Gasteiger partial charge < -0.3 is 0 Å². The summed E-state index contributed by atoms with van der Waals surface area (Å²) in [5.74, 6) is -0.359. The van der Waals surface area contributed by atoms with Gasteiger partial charge in [-0.2, -0.15) is 0 Å². The van der Waals surface area contributed by atoms with Crippen LogP contribution in [0.5, 0.6) is 0 Å². The molecule has 0 N–H and O–H groups in total. The van der Waals surface area contributed by atoms with E-state index in [9.17, 15) is 22.8 Å². The highest BCUT2D eigenvalue weighted by Gasteiger charge is 2.33. The van der Waals surface area contributed by atoms with Gasteiger partial charge in [0.25, 0.3) is 0 Å². The summed E-state index contributed by atoms with van der Waals surface area (Å²) in [5.41, 5.74) is 2.53. The lowest BCUT2D eigenvalue weighted by Crippen LogP contribution is -2.20. The Morgan fingerprint density at radius 1 is 0.264 bits per heavy atom. The van der Waals surface area contributed by atoms with Gasteiger partial charge in [0.2, 0.25) is 9.84 Å². The summed E-state index contributed by atoms with van der Waals surface area (Å²) >= 11 is 0. The third kappa shape index (κ3) is 12.2. The second-order valence-electron chi connectivity index (χ2n) is 9.88. The maximum absolute atomic E-state index is 12.3. The lowest BCUT2D eigenvalue weighted by molar-refractivity contribution is 0.0979. The topological polar surface area (TPSA) is 85.3 Å². The van der Waals surface area contributed by atoms with Crippen LogP contribution in [0.2, 0.25) is 0 Å². The first-order valence-electron chi connectivity index (χ1n) is 18.2. The molecule has 0 fully saturated rings. The van der Waals surface area contributed by atoms with Crippen LogP contribution >= 0.6 is 0 Å². The second-order valence-corrected chi connectivity index (χ2v) is 11.8. The van der Waals surface area contributed by atoms with E-state index in [2.05, 4.69) is 0 Å². The first-order chi connectivity index (χ1) is 25.9. The monoisotopic (exact) mass is 728 g/mol. The molecular weight excluding hydrogens is 677 g/mol. The first kappa shape index (κ1) is 45.3. The Hall–Kier alpha value is -5.72. The minimum Gasteiger partial charge on any atom is -0.289 e. The molecule has 276 valence electrons. The molecule has 0 amide bonds. The predicted octanol–water partition coefficient (Wildman–Crippen LogP) is 12.0. The Morgan fingerprint density at radius 3 is 0.660 bits per heavy atom. The normalized spacial score (nSPS) is 11.4. The van der Waals surface area contributed by atoms with Crippen LogP contribution in [0, 0.1) is 0 Å². The zero-order chi connectivity index (χ0) is 39.6. The van der Waals surface area contributed by atoms with E-state index in [1.165, 1.54) is 12.1 Å². The summed E-state index contributed by atoms with van der Waals surface area (Å²) in [7, 11) is -3.56. The summed E-state index contributed by atoms with van der Waals surface area (Å²) in [4.78, 5) is 36.5. The highest BCUT2D eigenvalue weighted by molar-refractivity contribution is 7.91. The van der Waals surface area contributed by atoms with E-state index in [0.29, 0.717) is 22.3 Å². The number of hydrogen-bond donors (Lipinski definition) is 0. The van der Waals surface area contributed by atoms with Crippen molar-refractivity contribution in [3.63, 3.8) is 0 Å². The van der Waals surface area contributed by atoms with Crippen LogP contribution in [0.25, 0.3) is 0 Å². The van der Waals surface area contributed by atoms with Crippen molar-refractivity contribution in [1.82, 2.24) is 0 Å². The van der Waals surface area contributed by atoms with Crippen LogP contribution in [0.3, 0.4) is 0 Å². The average molecular weight is 729 g/mol. The van der Waals surface area contributed by atoms with Gasteiger partial charge in [0, 0.05) is 33.4 Å². The number of ketones is 3. The van der Waals surface area contributed by atoms with E-state index < -0.39 is 9.84 Å². The highest BCUT2D eigenvalue weighted by Crippen LogP contribution is 2.33. The summed E-state index contributed by atoms with van der Waals surface area (Å²) in [6.45, 7) is 16.0. The van der Waals surface area contributed by atoms with Gasteiger partial charge in [-0.1, -0.05) is 201 Å². The highest BCUT2D eigenvalue weighted by atomic mass is 32.2. The van der Waals surface area contributed by atoms with Crippen LogP contribution in [-0.2, 0) is 9.84 Å². The fourth-order valence-corrected chi connectivity index (χ4v) is 6.51. The van der Waals surface area contributed by atoms with Crippen LogP contribution in [0.15, 0.2) is 180 Å². The maximum Gasteiger partial charge on any atom is 0.208 e. The van der Waals surface area contributed by atoms with Crippen molar-refractivity contribution in [2.75, 3.05) is 0 Å². The van der Waals surface area contributed by atoms with E-state index in [1.807, 2.05) is 128 Å². The minimum absolute atomic E-state index is 0.0641. The molecule has 53 heavy (non-hydrogen) atoms. The number of benzene rings is 6. The number of rotatable bonds is 0. The Labute approximate surface area is 317 Å². The van der Waals surface area contributed by atoms with E-state index in [1.54, 1.807) is 84.9 Å². The van der Waals surface area contributed by atoms with Crippen LogP contribution in [0.4, 0.5) is 0 Å². The molecule has 0 atom stereocenters. The van der Waals surface area contributed by atoms with Gasteiger partial charge in [0.1, 0.15) is 0 Å². The van der Waals surface area contributed by atoms with Crippen LogP contribution in [-0.4, -0.2) is 25.8 Å². The second kappa shape index (κ2) is 25.3. The van der Waals surface area contributed by atoms with Gasteiger partial charge in [-0.05, 0) is 24.3 Å². The number of sulfone groups is 1. The van der Waals surface area contributed by atoms with Crippen molar-refractivity contribution in [3.05, 3.63) is 203 Å². The Balaban J connectivity index is 0.000000357. The molecule has 0 saturated carbocycles. The third-order valence-corrected chi connectivity index (χ3v) is 8.88. The quantitative estimate of drug-likeness (QED) is 0.155. The zero-order valence-electron chi connectivity index (χ0n) is 32.1. The minimum atomic E-state index is -3.56. The molecule has 1 aliphatic heterocycles. The first-order valence-corrected chi connectivity index (χ1v) is 19.6. The number of hydrogen-bond acceptors (Lipinski definition) is 5. The van der Waals surface area contributed by atoms with Gasteiger partial charge in [-0.25, -0.2) is 8.42 Å².